The molecule has 0 aliphatic carbocycles. The number of hydrogen-bond acceptors (Lipinski definition) is 4. The average molecular weight is 313 g/mol. The minimum atomic E-state index is -0.701. The second kappa shape index (κ2) is 6.56. The summed E-state index contributed by atoms with van der Waals surface area (Å²) < 4.78 is 13.3. The van der Waals surface area contributed by atoms with Gasteiger partial charge in [0.15, 0.2) is 0 Å². The Hall–Kier alpha value is -2.76. The third-order valence-corrected chi connectivity index (χ3v) is 3.64. The van der Waals surface area contributed by atoms with E-state index in [-0.39, 0.29) is 11.7 Å². The summed E-state index contributed by atoms with van der Waals surface area (Å²) in [7, 11) is 0. The van der Waals surface area contributed by atoms with Crippen molar-refractivity contribution in [3.63, 3.8) is 0 Å². The molecule has 0 spiro atoms. The largest absolute Gasteiger partial charge is 0.382 e. The molecule has 0 fully saturated rings. The van der Waals surface area contributed by atoms with Crippen molar-refractivity contribution < 1.29 is 14.0 Å². The molecule has 1 atom stereocenters. The Bertz CT molecular complexity index is 734. The molecule has 118 valence electrons. The van der Waals surface area contributed by atoms with Crippen LogP contribution in [0.4, 0.5) is 10.1 Å². The number of carbonyl (C=O) groups is 1. The maximum atomic E-state index is 13.3. The molecule has 2 aromatic rings. The van der Waals surface area contributed by atoms with E-state index < -0.39 is 6.10 Å². The van der Waals surface area contributed by atoms with Crippen LogP contribution in [-0.2, 0) is 9.63 Å². The summed E-state index contributed by atoms with van der Waals surface area (Å²) in [5.74, 6) is -0.527. The highest BCUT2D eigenvalue weighted by atomic mass is 19.1. The molecule has 2 heterocycles. The maximum absolute atomic E-state index is 13.3. The first-order chi connectivity index (χ1) is 11.2. The van der Waals surface area contributed by atoms with Gasteiger partial charge in [-0.3, -0.25) is 9.78 Å². The number of benzene rings is 1. The van der Waals surface area contributed by atoms with Gasteiger partial charge in [-0.25, -0.2) is 4.39 Å². The number of oxime groups is 1. The summed E-state index contributed by atoms with van der Waals surface area (Å²) in [6.07, 6.45) is 2.90. The molecule has 0 N–H and O–H groups in total. The Kier molecular flexibility index (Phi) is 4.32. The van der Waals surface area contributed by atoms with Crippen LogP contribution in [0.3, 0.4) is 0 Å². The van der Waals surface area contributed by atoms with Crippen molar-refractivity contribution >= 4 is 17.3 Å². The van der Waals surface area contributed by atoms with Crippen molar-refractivity contribution in [2.24, 2.45) is 5.16 Å². The first kappa shape index (κ1) is 15.1. The van der Waals surface area contributed by atoms with Gasteiger partial charge in [0.2, 0.25) is 6.10 Å². The Balaban J connectivity index is 1.73. The molecule has 5 nitrogen and oxygen atoms in total. The molecule has 0 saturated carbocycles. The zero-order chi connectivity index (χ0) is 16.2. The van der Waals surface area contributed by atoms with E-state index in [1.807, 2.05) is 13.0 Å². The molecule has 1 amide bonds. The number of carbonyl (C=O) groups excluding carboxylic acids is 1. The first-order valence-corrected chi connectivity index (χ1v) is 7.39. The summed E-state index contributed by atoms with van der Waals surface area (Å²) in [6, 6.07) is 9.69. The highest BCUT2D eigenvalue weighted by Gasteiger charge is 2.32. The lowest BCUT2D eigenvalue weighted by molar-refractivity contribution is -0.128. The number of hydrogen-bond donors (Lipinski definition) is 0. The molecule has 0 radical (unpaired) electrons. The number of anilines is 1. The fourth-order valence-corrected chi connectivity index (χ4v) is 2.50. The number of aromatic nitrogens is 1. The van der Waals surface area contributed by atoms with Crippen LogP contribution in [0.25, 0.3) is 0 Å². The highest BCUT2D eigenvalue weighted by Crippen LogP contribution is 2.21. The number of amides is 1. The predicted molar refractivity (Wildman–Crippen MR) is 84.7 cm³/mol. The summed E-state index contributed by atoms with van der Waals surface area (Å²) in [6.45, 7) is 2.38. The lowest BCUT2D eigenvalue weighted by Gasteiger charge is -2.22. The third-order valence-electron chi connectivity index (χ3n) is 3.64. The van der Waals surface area contributed by atoms with Gasteiger partial charge in [0.05, 0.1) is 17.6 Å². The van der Waals surface area contributed by atoms with Gasteiger partial charge >= 0.3 is 0 Å². The summed E-state index contributed by atoms with van der Waals surface area (Å²) in [4.78, 5) is 23.6. The summed E-state index contributed by atoms with van der Waals surface area (Å²) >= 11 is 0. The number of pyridine rings is 1. The van der Waals surface area contributed by atoms with Gasteiger partial charge in [0.25, 0.3) is 5.91 Å². The zero-order valence-electron chi connectivity index (χ0n) is 12.6. The minimum Gasteiger partial charge on any atom is -0.382 e. The molecular formula is C17H16FN3O2. The van der Waals surface area contributed by atoms with E-state index in [1.165, 1.54) is 12.1 Å². The highest BCUT2D eigenvalue weighted by molar-refractivity contribution is 6.06. The Morgan fingerprint density at radius 1 is 1.39 bits per heavy atom. The minimum absolute atomic E-state index is 0.185. The standard InChI is InChI=1S/C17H16FN3O2/c1-2-21(14-7-4-8-19-11-14)17(22)16-10-15(20-23-16)12-5-3-6-13(18)9-12/h3-9,11,16H,2,10H2,1H3/t16-/m0/s1. The molecule has 1 aromatic carbocycles. The van der Waals surface area contributed by atoms with Crippen molar-refractivity contribution in [2.75, 3.05) is 11.4 Å². The Morgan fingerprint density at radius 2 is 2.26 bits per heavy atom. The molecule has 6 heteroatoms. The molecule has 0 saturated heterocycles. The lowest BCUT2D eigenvalue weighted by atomic mass is 10.0. The molecule has 0 bridgehead atoms. The average Bonchev–Trinajstić information content (AvgIpc) is 3.06. The van der Waals surface area contributed by atoms with Crippen molar-refractivity contribution in [3.8, 4) is 0 Å². The number of likely N-dealkylation sites (N-methyl/N-ethyl adjacent to an activating group) is 1. The van der Waals surface area contributed by atoms with E-state index in [0.717, 1.165) is 0 Å². The van der Waals surface area contributed by atoms with Crippen LogP contribution in [0.15, 0.2) is 53.9 Å². The van der Waals surface area contributed by atoms with Crippen LogP contribution in [0.2, 0.25) is 0 Å². The van der Waals surface area contributed by atoms with Gasteiger partial charge < -0.3 is 9.74 Å². The molecule has 23 heavy (non-hydrogen) atoms. The van der Waals surface area contributed by atoms with Crippen molar-refractivity contribution in [1.82, 2.24) is 4.98 Å². The zero-order valence-corrected chi connectivity index (χ0v) is 12.6. The van der Waals surface area contributed by atoms with E-state index in [2.05, 4.69) is 10.1 Å². The fourth-order valence-electron chi connectivity index (χ4n) is 2.50. The van der Waals surface area contributed by atoms with Crippen LogP contribution >= 0.6 is 0 Å². The van der Waals surface area contributed by atoms with Gasteiger partial charge in [-0.15, -0.1) is 0 Å². The first-order valence-electron chi connectivity index (χ1n) is 7.39. The predicted octanol–water partition coefficient (Wildman–Crippen LogP) is 2.77. The van der Waals surface area contributed by atoms with Crippen molar-refractivity contribution in [1.29, 1.82) is 0 Å². The van der Waals surface area contributed by atoms with Crippen LogP contribution in [-0.4, -0.2) is 29.3 Å². The lowest BCUT2D eigenvalue weighted by Crippen LogP contribution is -2.39. The van der Waals surface area contributed by atoms with Gasteiger partial charge in [0.1, 0.15) is 5.82 Å². The Morgan fingerprint density at radius 3 is 2.96 bits per heavy atom. The monoisotopic (exact) mass is 313 g/mol. The molecule has 1 aliphatic rings. The number of nitrogens with zero attached hydrogens (tertiary/aromatic N) is 3. The SMILES string of the molecule is CCN(C(=O)[C@@H]1CC(c2cccc(F)c2)=NO1)c1cccnc1. The molecule has 0 unspecified atom stereocenters. The Labute approximate surface area is 133 Å². The summed E-state index contributed by atoms with van der Waals surface area (Å²) in [5, 5.41) is 3.95. The maximum Gasteiger partial charge on any atom is 0.271 e. The van der Waals surface area contributed by atoms with Crippen LogP contribution in [0, 0.1) is 5.82 Å². The quantitative estimate of drug-likeness (QED) is 0.872. The third kappa shape index (κ3) is 3.21. The van der Waals surface area contributed by atoms with E-state index in [1.54, 1.807) is 35.5 Å². The normalized spacial score (nSPS) is 16.6. The molecule has 3 rings (SSSR count). The molecular weight excluding hydrogens is 297 g/mol. The second-order valence-corrected chi connectivity index (χ2v) is 5.14. The van der Waals surface area contributed by atoms with Crippen LogP contribution in [0.5, 0.6) is 0 Å². The van der Waals surface area contributed by atoms with Crippen molar-refractivity contribution in [2.45, 2.75) is 19.4 Å². The van der Waals surface area contributed by atoms with E-state index >= 15 is 0 Å². The number of rotatable bonds is 4. The molecule has 1 aromatic heterocycles. The van der Waals surface area contributed by atoms with Gasteiger partial charge in [-0.05, 0) is 31.2 Å². The van der Waals surface area contributed by atoms with Gasteiger partial charge in [0, 0.05) is 24.7 Å². The van der Waals surface area contributed by atoms with E-state index in [4.69, 9.17) is 4.84 Å². The van der Waals surface area contributed by atoms with Gasteiger partial charge in [-0.2, -0.15) is 0 Å². The number of halogens is 1. The van der Waals surface area contributed by atoms with Crippen LogP contribution < -0.4 is 4.90 Å². The fraction of sp³-hybridized carbons (Fsp3) is 0.235. The molecule has 1 aliphatic heterocycles. The second-order valence-electron chi connectivity index (χ2n) is 5.14. The van der Waals surface area contributed by atoms with Crippen molar-refractivity contribution in [3.05, 3.63) is 60.2 Å². The summed E-state index contributed by atoms with van der Waals surface area (Å²) in [5.41, 5.74) is 1.91. The van der Waals surface area contributed by atoms with Crippen LogP contribution in [0.1, 0.15) is 18.9 Å². The van der Waals surface area contributed by atoms with E-state index in [9.17, 15) is 9.18 Å². The van der Waals surface area contributed by atoms with Gasteiger partial charge in [-0.1, -0.05) is 17.3 Å². The smallest absolute Gasteiger partial charge is 0.271 e. The topological polar surface area (TPSA) is 54.8 Å². The van der Waals surface area contributed by atoms with E-state index in [0.29, 0.717) is 29.9 Å².